The van der Waals surface area contributed by atoms with Crippen LogP contribution in [-0.4, -0.2) is 74.5 Å². The van der Waals surface area contributed by atoms with E-state index in [4.69, 9.17) is 16.3 Å². The van der Waals surface area contributed by atoms with Crippen LogP contribution >= 0.6 is 11.6 Å². The molecule has 0 unspecified atom stereocenters. The van der Waals surface area contributed by atoms with E-state index in [2.05, 4.69) is 4.90 Å². The highest BCUT2D eigenvalue weighted by molar-refractivity contribution is 6.30. The number of hydrogen-bond donors (Lipinski definition) is 0. The molecule has 29 heavy (non-hydrogen) atoms. The van der Waals surface area contributed by atoms with Crippen LogP contribution in [0.4, 0.5) is 4.79 Å². The van der Waals surface area contributed by atoms with Gasteiger partial charge in [0.2, 0.25) is 5.91 Å². The second-order valence-electron chi connectivity index (χ2n) is 8.34. The number of halogens is 1. The molecule has 0 radical (unpaired) electrons. The summed E-state index contributed by atoms with van der Waals surface area (Å²) in [6.07, 6.45) is 4.32. The average molecular weight is 424 g/mol. The van der Waals surface area contributed by atoms with E-state index in [1.807, 2.05) is 26.0 Å². The number of carbonyl (C=O) groups is 2. The first-order chi connectivity index (χ1) is 13.8. The zero-order valence-corrected chi connectivity index (χ0v) is 18.8. The van der Waals surface area contributed by atoms with Crippen LogP contribution in [0, 0.1) is 11.8 Å². The van der Waals surface area contributed by atoms with E-state index in [-0.39, 0.29) is 17.9 Å². The lowest BCUT2D eigenvalue weighted by molar-refractivity contribution is -0.135. The number of rotatable bonds is 8. The zero-order chi connectivity index (χ0) is 21.4. The van der Waals surface area contributed by atoms with Gasteiger partial charge in [-0.15, -0.1) is 0 Å². The fourth-order valence-electron chi connectivity index (χ4n) is 3.78. The lowest BCUT2D eigenvalue weighted by atomic mass is 9.81. The van der Waals surface area contributed by atoms with Crippen molar-refractivity contribution in [2.75, 3.05) is 47.8 Å². The van der Waals surface area contributed by atoms with E-state index in [9.17, 15) is 9.59 Å². The van der Waals surface area contributed by atoms with E-state index >= 15 is 0 Å². The van der Waals surface area contributed by atoms with Crippen molar-refractivity contribution in [3.8, 4) is 5.75 Å². The Morgan fingerprint density at radius 2 is 1.59 bits per heavy atom. The van der Waals surface area contributed by atoms with E-state index in [1.165, 1.54) is 0 Å². The maximum atomic E-state index is 12.7. The van der Waals surface area contributed by atoms with Gasteiger partial charge in [-0.3, -0.25) is 4.79 Å². The fourth-order valence-corrected chi connectivity index (χ4v) is 3.91. The molecule has 2 rings (SSSR count). The van der Waals surface area contributed by atoms with Crippen molar-refractivity contribution in [2.24, 2.45) is 11.8 Å². The van der Waals surface area contributed by atoms with Gasteiger partial charge < -0.3 is 19.4 Å². The predicted octanol–water partition coefficient (Wildman–Crippen LogP) is 3.99. The third-order valence-corrected chi connectivity index (χ3v) is 5.79. The summed E-state index contributed by atoms with van der Waals surface area (Å²) < 4.78 is 5.38. The molecular formula is C22H34ClN3O3. The van der Waals surface area contributed by atoms with Crippen molar-refractivity contribution in [1.29, 1.82) is 0 Å². The highest BCUT2D eigenvalue weighted by Crippen LogP contribution is 2.30. The Hall–Kier alpha value is -1.79. The highest BCUT2D eigenvalue weighted by atomic mass is 35.5. The Labute approximate surface area is 179 Å². The molecule has 1 fully saturated rings. The SMILES string of the molecule is CN(C)CCCN(C)C(=O)[C@H]1CC[C@H](CN(C)C(=O)Oc2ccc(Cl)cc2)CC1. The summed E-state index contributed by atoms with van der Waals surface area (Å²) in [7, 11) is 7.76. The summed E-state index contributed by atoms with van der Waals surface area (Å²) in [6, 6.07) is 6.75. The summed E-state index contributed by atoms with van der Waals surface area (Å²) in [5.41, 5.74) is 0. The summed E-state index contributed by atoms with van der Waals surface area (Å²) in [4.78, 5) is 30.6. The minimum atomic E-state index is -0.369. The van der Waals surface area contributed by atoms with Crippen LogP contribution in [0.1, 0.15) is 32.1 Å². The molecule has 0 bridgehead atoms. The molecule has 1 aromatic rings. The third-order valence-electron chi connectivity index (χ3n) is 5.53. The Kier molecular flexibility index (Phi) is 9.24. The first-order valence-corrected chi connectivity index (χ1v) is 10.7. The van der Waals surface area contributed by atoms with Gasteiger partial charge in [-0.05, 0) is 82.9 Å². The smallest absolute Gasteiger partial charge is 0.410 e. The zero-order valence-electron chi connectivity index (χ0n) is 18.1. The molecular weight excluding hydrogens is 390 g/mol. The van der Waals surface area contributed by atoms with Crippen molar-refractivity contribution < 1.29 is 14.3 Å². The largest absolute Gasteiger partial charge is 0.414 e. The molecule has 0 spiro atoms. The minimum Gasteiger partial charge on any atom is -0.410 e. The molecule has 1 aromatic carbocycles. The normalized spacial score (nSPS) is 19.1. The van der Waals surface area contributed by atoms with E-state index < -0.39 is 0 Å². The minimum absolute atomic E-state index is 0.113. The van der Waals surface area contributed by atoms with Crippen LogP contribution in [-0.2, 0) is 4.79 Å². The molecule has 0 aliphatic heterocycles. The van der Waals surface area contributed by atoms with Gasteiger partial charge in [0, 0.05) is 38.1 Å². The maximum Gasteiger partial charge on any atom is 0.414 e. The standard InChI is InChI=1S/C22H34ClN3O3/c1-24(2)14-5-15-25(3)21(27)18-8-6-17(7-9-18)16-26(4)22(28)29-20-12-10-19(23)11-13-20/h10-13,17-18H,5-9,14-16H2,1-4H3/t17-,18-. The van der Waals surface area contributed by atoms with Crippen molar-refractivity contribution in [1.82, 2.24) is 14.7 Å². The van der Waals surface area contributed by atoms with Gasteiger partial charge in [0.25, 0.3) is 0 Å². The predicted molar refractivity (Wildman–Crippen MR) is 116 cm³/mol. The van der Waals surface area contributed by atoms with Crippen LogP contribution < -0.4 is 4.74 Å². The van der Waals surface area contributed by atoms with E-state index in [1.54, 1.807) is 36.2 Å². The number of benzene rings is 1. The molecule has 1 saturated carbocycles. The maximum absolute atomic E-state index is 12.7. The van der Waals surface area contributed by atoms with Crippen molar-refractivity contribution in [2.45, 2.75) is 32.1 Å². The number of nitrogens with zero attached hydrogens (tertiary/aromatic N) is 3. The van der Waals surface area contributed by atoms with Crippen LogP contribution in [0.3, 0.4) is 0 Å². The topological polar surface area (TPSA) is 53.1 Å². The van der Waals surface area contributed by atoms with Gasteiger partial charge in [0.15, 0.2) is 0 Å². The van der Waals surface area contributed by atoms with Gasteiger partial charge >= 0.3 is 6.09 Å². The number of amides is 2. The van der Waals surface area contributed by atoms with Crippen molar-refractivity contribution in [3.63, 3.8) is 0 Å². The van der Waals surface area contributed by atoms with E-state index in [0.29, 0.717) is 23.2 Å². The number of hydrogen-bond acceptors (Lipinski definition) is 4. The Balaban J connectivity index is 1.72. The highest BCUT2D eigenvalue weighted by Gasteiger charge is 2.29. The monoisotopic (exact) mass is 423 g/mol. The first kappa shape index (κ1) is 23.5. The van der Waals surface area contributed by atoms with Gasteiger partial charge in [0.05, 0.1) is 0 Å². The van der Waals surface area contributed by atoms with Crippen LogP contribution in [0.5, 0.6) is 5.75 Å². The Morgan fingerprint density at radius 1 is 0.966 bits per heavy atom. The van der Waals surface area contributed by atoms with Gasteiger partial charge in [-0.25, -0.2) is 4.79 Å². The molecule has 6 nitrogen and oxygen atoms in total. The molecule has 0 atom stereocenters. The quantitative estimate of drug-likeness (QED) is 0.634. The summed E-state index contributed by atoms with van der Waals surface area (Å²) >= 11 is 5.85. The second kappa shape index (κ2) is 11.4. The van der Waals surface area contributed by atoms with Crippen LogP contribution in [0.2, 0.25) is 5.02 Å². The van der Waals surface area contributed by atoms with Gasteiger partial charge in [0.1, 0.15) is 5.75 Å². The summed E-state index contributed by atoms with van der Waals surface area (Å²) in [5.74, 6) is 1.26. The molecule has 2 amide bonds. The lowest BCUT2D eigenvalue weighted by Crippen LogP contribution is -2.39. The van der Waals surface area contributed by atoms with Gasteiger partial charge in [-0.1, -0.05) is 11.6 Å². The van der Waals surface area contributed by atoms with Crippen molar-refractivity contribution in [3.05, 3.63) is 29.3 Å². The van der Waals surface area contributed by atoms with Crippen molar-refractivity contribution >= 4 is 23.6 Å². The molecule has 1 aliphatic rings. The Bertz CT molecular complexity index is 658. The molecule has 7 heteroatoms. The third kappa shape index (κ3) is 7.86. The molecule has 0 N–H and O–H groups in total. The van der Waals surface area contributed by atoms with Gasteiger partial charge in [-0.2, -0.15) is 0 Å². The first-order valence-electron chi connectivity index (χ1n) is 10.3. The Morgan fingerprint density at radius 3 is 2.17 bits per heavy atom. The van der Waals surface area contributed by atoms with Crippen LogP contribution in [0.25, 0.3) is 0 Å². The molecule has 162 valence electrons. The lowest BCUT2D eigenvalue weighted by Gasteiger charge is -2.32. The summed E-state index contributed by atoms with van der Waals surface area (Å²) in [6.45, 7) is 2.44. The second-order valence-corrected chi connectivity index (χ2v) is 8.77. The molecule has 0 saturated heterocycles. The van der Waals surface area contributed by atoms with Crippen LogP contribution in [0.15, 0.2) is 24.3 Å². The number of carbonyl (C=O) groups excluding carboxylic acids is 2. The fraction of sp³-hybridized carbons (Fsp3) is 0.636. The molecule has 0 aromatic heterocycles. The number of ether oxygens (including phenoxy) is 1. The molecule has 0 heterocycles. The summed E-state index contributed by atoms with van der Waals surface area (Å²) in [5, 5.41) is 0.604. The average Bonchev–Trinajstić information content (AvgIpc) is 2.69. The molecule has 1 aliphatic carbocycles. The van der Waals surface area contributed by atoms with E-state index in [0.717, 1.165) is 45.2 Å².